The van der Waals surface area contributed by atoms with Crippen molar-refractivity contribution < 1.29 is 4.79 Å². The van der Waals surface area contributed by atoms with E-state index in [9.17, 15) is 4.79 Å². The average molecular weight is 351 g/mol. The molecule has 4 rings (SSSR count). The van der Waals surface area contributed by atoms with E-state index < -0.39 is 0 Å². The predicted molar refractivity (Wildman–Crippen MR) is 99.5 cm³/mol. The number of carbonyl (C=O) groups excluding carboxylic acids is 1. The zero-order valence-electron chi connectivity index (χ0n) is 14.8. The van der Waals surface area contributed by atoms with Crippen molar-refractivity contribution in [2.75, 3.05) is 25.5 Å². The smallest absolute Gasteiger partial charge is 0.320 e. The third kappa shape index (κ3) is 3.36. The Morgan fingerprint density at radius 1 is 1.27 bits per heavy atom. The number of amides is 2. The van der Waals surface area contributed by atoms with Crippen LogP contribution in [0.1, 0.15) is 12.1 Å². The van der Waals surface area contributed by atoms with Crippen LogP contribution in [0.25, 0.3) is 16.6 Å². The molecule has 8 nitrogen and oxygen atoms in total. The lowest BCUT2D eigenvalue weighted by Crippen LogP contribution is -2.39. The number of rotatable bonds is 3. The molecule has 8 heteroatoms. The quantitative estimate of drug-likeness (QED) is 0.753. The molecule has 1 fully saturated rings. The molecule has 0 unspecified atom stereocenters. The molecular weight excluding hydrogens is 330 g/mol. The number of nitrogens with zero attached hydrogens (tertiary/aromatic N) is 5. The first-order chi connectivity index (χ1) is 12.6. The number of hydrogen-bond donors (Lipinski definition) is 2. The van der Waals surface area contributed by atoms with Gasteiger partial charge in [0.15, 0.2) is 0 Å². The minimum atomic E-state index is -0.227. The van der Waals surface area contributed by atoms with E-state index in [2.05, 4.69) is 37.6 Å². The van der Waals surface area contributed by atoms with E-state index in [4.69, 9.17) is 0 Å². The van der Waals surface area contributed by atoms with Crippen LogP contribution in [-0.2, 0) is 0 Å². The van der Waals surface area contributed by atoms with E-state index in [1.165, 1.54) is 0 Å². The number of aryl methyl sites for hydroxylation is 1. The summed E-state index contributed by atoms with van der Waals surface area (Å²) in [5, 5.41) is 11.1. The van der Waals surface area contributed by atoms with Crippen LogP contribution in [0.15, 0.2) is 36.8 Å². The highest BCUT2D eigenvalue weighted by Crippen LogP contribution is 2.20. The maximum Gasteiger partial charge on any atom is 0.320 e. The zero-order chi connectivity index (χ0) is 18.1. The molecular formula is C18H21N7O. The first-order valence-electron chi connectivity index (χ1n) is 8.61. The fourth-order valence-corrected chi connectivity index (χ4v) is 3.25. The Bertz CT molecular complexity index is 952. The minimum absolute atomic E-state index is 0.182. The summed E-state index contributed by atoms with van der Waals surface area (Å²) in [7, 11) is 2.05. The summed E-state index contributed by atoms with van der Waals surface area (Å²) >= 11 is 0. The number of carbonyl (C=O) groups is 1. The summed E-state index contributed by atoms with van der Waals surface area (Å²) in [6.45, 7) is 3.82. The normalized spacial score (nSPS) is 17.5. The molecule has 26 heavy (non-hydrogen) atoms. The molecule has 1 atom stereocenters. The Labute approximate surface area is 151 Å². The third-order valence-corrected chi connectivity index (χ3v) is 4.55. The van der Waals surface area contributed by atoms with Crippen molar-refractivity contribution in [3.05, 3.63) is 42.5 Å². The molecule has 2 amide bonds. The van der Waals surface area contributed by atoms with Gasteiger partial charge in [-0.2, -0.15) is 5.10 Å². The first kappa shape index (κ1) is 16.5. The van der Waals surface area contributed by atoms with E-state index in [1.54, 1.807) is 18.6 Å². The molecule has 0 aromatic carbocycles. The lowest BCUT2D eigenvalue weighted by atomic mass is 10.3. The van der Waals surface area contributed by atoms with Crippen molar-refractivity contribution in [2.45, 2.75) is 19.4 Å². The Morgan fingerprint density at radius 3 is 2.92 bits per heavy atom. The van der Waals surface area contributed by atoms with Gasteiger partial charge >= 0.3 is 6.03 Å². The van der Waals surface area contributed by atoms with Gasteiger partial charge in [0.05, 0.1) is 23.6 Å². The molecule has 2 N–H and O–H groups in total. The number of likely N-dealkylation sites (tertiary alicyclic amines) is 1. The summed E-state index contributed by atoms with van der Waals surface area (Å²) in [5.41, 5.74) is 2.73. The molecule has 1 aliphatic rings. The van der Waals surface area contributed by atoms with Crippen LogP contribution < -0.4 is 10.6 Å². The fraction of sp³-hybridized carbons (Fsp3) is 0.333. The molecule has 1 saturated heterocycles. The number of hydrogen-bond acceptors (Lipinski definition) is 5. The number of likely N-dealkylation sites (N-methyl/N-ethyl adjacent to an activating group) is 1. The Balaban J connectivity index is 1.51. The SMILES string of the molecule is Cc1cc(-n2ncc3cc(NC(=O)N[C@@H]4CCN(C)C4)ncc32)ccn1. The number of anilines is 1. The molecule has 0 spiro atoms. The second kappa shape index (κ2) is 6.72. The summed E-state index contributed by atoms with van der Waals surface area (Å²) < 4.78 is 1.81. The van der Waals surface area contributed by atoms with Crippen LogP contribution in [0, 0.1) is 6.92 Å². The van der Waals surface area contributed by atoms with Crippen LogP contribution in [0.5, 0.6) is 0 Å². The van der Waals surface area contributed by atoms with Gasteiger partial charge in [0.25, 0.3) is 0 Å². The highest BCUT2D eigenvalue weighted by atomic mass is 16.2. The van der Waals surface area contributed by atoms with Crippen molar-refractivity contribution >= 4 is 22.8 Å². The van der Waals surface area contributed by atoms with Gasteiger partial charge in [-0.1, -0.05) is 0 Å². The molecule has 3 aromatic rings. The zero-order valence-corrected chi connectivity index (χ0v) is 14.8. The first-order valence-corrected chi connectivity index (χ1v) is 8.61. The number of aromatic nitrogens is 4. The number of urea groups is 1. The second-order valence-electron chi connectivity index (χ2n) is 6.69. The van der Waals surface area contributed by atoms with Crippen LogP contribution in [0.4, 0.5) is 10.6 Å². The van der Waals surface area contributed by atoms with Gasteiger partial charge in [0, 0.05) is 29.9 Å². The van der Waals surface area contributed by atoms with Crippen molar-refractivity contribution in [2.24, 2.45) is 0 Å². The van der Waals surface area contributed by atoms with Crippen LogP contribution >= 0.6 is 0 Å². The third-order valence-electron chi connectivity index (χ3n) is 4.55. The molecule has 3 aromatic heterocycles. The van der Waals surface area contributed by atoms with Gasteiger partial charge < -0.3 is 10.2 Å². The topological polar surface area (TPSA) is 88.0 Å². The Hall–Kier alpha value is -3.00. The highest BCUT2D eigenvalue weighted by molar-refractivity contribution is 5.91. The monoisotopic (exact) mass is 351 g/mol. The van der Waals surface area contributed by atoms with Gasteiger partial charge in [0.2, 0.25) is 0 Å². The summed E-state index contributed by atoms with van der Waals surface area (Å²) in [6.07, 6.45) is 6.21. The van der Waals surface area contributed by atoms with Crippen molar-refractivity contribution in [3.63, 3.8) is 0 Å². The van der Waals surface area contributed by atoms with Crippen LogP contribution in [0.3, 0.4) is 0 Å². The summed E-state index contributed by atoms with van der Waals surface area (Å²) in [6, 6.07) is 5.64. The van der Waals surface area contributed by atoms with Crippen LogP contribution in [0.2, 0.25) is 0 Å². The average Bonchev–Trinajstić information content (AvgIpc) is 3.20. The summed E-state index contributed by atoms with van der Waals surface area (Å²) in [5.74, 6) is 0.506. The molecule has 0 radical (unpaired) electrons. The lowest BCUT2D eigenvalue weighted by molar-refractivity contribution is 0.248. The molecule has 1 aliphatic heterocycles. The van der Waals surface area contributed by atoms with Gasteiger partial charge in [0.1, 0.15) is 5.82 Å². The maximum absolute atomic E-state index is 12.2. The van der Waals surface area contributed by atoms with E-state index >= 15 is 0 Å². The lowest BCUT2D eigenvalue weighted by Gasteiger charge is -2.13. The number of nitrogens with one attached hydrogen (secondary N) is 2. The second-order valence-corrected chi connectivity index (χ2v) is 6.69. The van der Waals surface area contributed by atoms with Crippen molar-refractivity contribution in [1.82, 2.24) is 30.0 Å². The van der Waals surface area contributed by atoms with Gasteiger partial charge in [-0.05, 0) is 45.1 Å². The van der Waals surface area contributed by atoms with Gasteiger partial charge in [-0.15, -0.1) is 0 Å². The van der Waals surface area contributed by atoms with Crippen molar-refractivity contribution in [3.8, 4) is 5.69 Å². The van der Waals surface area contributed by atoms with Crippen molar-refractivity contribution in [1.29, 1.82) is 0 Å². The summed E-state index contributed by atoms with van der Waals surface area (Å²) in [4.78, 5) is 22.9. The maximum atomic E-state index is 12.2. The largest absolute Gasteiger partial charge is 0.334 e. The minimum Gasteiger partial charge on any atom is -0.334 e. The van der Waals surface area contributed by atoms with E-state index in [0.717, 1.165) is 41.8 Å². The standard InChI is InChI=1S/C18H21N7O/c1-12-7-15(3-5-19-12)25-16-10-20-17(8-13(16)9-21-25)23-18(26)22-14-4-6-24(2)11-14/h3,5,7-10,14H,4,6,11H2,1-2H3,(H2,20,22,23,26)/t14-/m1/s1. The molecule has 0 bridgehead atoms. The molecule has 0 saturated carbocycles. The Kier molecular flexibility index (Phi) is 4.26. The van der Waals surface area contributed by atoms with E-state index in [0.29, 0.717) is 5.82 Å². The van der Waals surface area contributed by atoms with E-state index in [-0.39, 0.29) is 12.1 Å². The number of fused-ring (bicyclic) bond motifs is 1. The highest BCUT2D eigenvalue weighted by Gasteiger charge is 2.21. The molecule has 4 heterocycles. The van der Waals surface area contributed by atoms with Crippen LogP contribution in [-0.4, -0.2) is 56.9 Å². The van der Waals surface area contributed by atoms with Gasteiger partial charge in [-0.3, -0.25) is 10.3 Å². The fourth-order valence-electron chi connectivity index (χ4n) is 3.25. The predicted octanol–water partition coefficient (Wildman–Crippen LogP) is 1.95. The molecule has 0 aliphatic carbocycles. The van der Waals surface area contributed by atoms with E-state index in [1.807, 2.05) is 29.8 Å². The van der Waals surface area contributed by atoms with Gasteiger partial charge in [-0.25, -0.2) is 14.5 Å². The molecule has 134 valence electrons. The number of pyridine rings is 2. The Morgan fingerprint density at radius 2 is 2.15 bits per heavy atom.